The van der Waals surface area contributed by atoms with Crippen LogP contribution in [0.25, 0.3) is 10.1 Å². The van der Waals surface area contributed by atoms with Gasteiger partial charge in [-0.15, -0.1) is 11.3 Å². The largest absolute Gasteiger partial charge is 0.390 e. The van der Waals surface area contributed by atoms with Crippen molar-refractivity contribution in [2.45, 2.75) is 6.92 Å². The summed E-state index contributed by atoms with van der Waals surface area (Å²) in [6.45, 7) is 2.00. The maximum absolute atomic E-state index is 12.6. The van der Waals surface area contributed by atoms with E-state index in [1.54, 1.807) is 0 Å². The highest BCUT2D eigenvalue weighted by Gasteiger charge is 2.18. The summed E-state index contributed by atoms with van der Waals surface area (Å²) >= 11 is 1.46. The zero-order valence-electron chi connectivity index (χ0n) is 10.5. The van der Waals surface area contributed by atoms with Gasteiger partial charge in [-0.3, -0.25) is 4.79 Å². The van der Waals surface area contributed by atoms with Gasteiger partial charge in [0, 0.05) is 15.6 Å². The number of carbonyl (C=O) groups is 1. The number of anilines is 1. The molecule has 0 atom stereocenters. The summed E-state index contributed by atoms with van der Waals surface area (Å²) in [5, 5.41) is 1.53. The van der Waals surface area contributed by atoms with E-state index in [4.69, 9.17) is 5.73 Å². The molecule has 0 saturated heterocycles. The Morgan fingerprint density at radius 1 is 1.05 bits per heavy atom. The van der Waals surface area contributed by atoms with Crippen LogP contribution in [0.3, 0.4) is 0 Å². The van der Waals surface area contributed by atoms with Crippen LogP contribution in [0.4, 0.5) is 5.00 Å². The summed E-state index contributed by atoms with van der Waals surface area (Å²) in [7, 11) is 0. The zero-order valence-corrected chi connectivity index (χ0v) is 11.3. The highest BCUT2D eigenvalue weighted by Crippen LogP contribution is 2.34. The number of benzene rings is 2. The Morgan fingerprint density at radius 3 is 2.47 bits per heavy atom. The zero-order chi connectivity index (χ0) is 13.4. The van der Waals surface area contributed by atoms with E-state index in [0.717, 1.165) is 15.6 Å². The first-order valence-corrected chi connectivity index (χ1v) is 6.87. The molecule has 3 aromatic rings. The van der Waals surface area contributed by atoms with Gasteiger partial charge in [0.1, 0.15) is 0 Å². The summed E-state index contributed by atoms with van der Waals surface area (Å²) in [6, 6.07) is 15.4. The number of hydrogen-bond donors (Lipinski definition) is 1. The van der Waals surface area contributed by atoms with Crippen molar-refractivity contribution < 1.29 is 4.79 Å². The lowest BCUT2D eigenvalue weighted by Crippen LogP contribution is -2.03. The molecule has 2 nitrogen and oxygen atoms in total. The Morgan fingerprint density at radius 2 is 1.74 bits per heavy atom. The first kappa shape index (κ1) is 11.9. The molecule has 0 bridgehead atoms. The van der Waals surface area contributed by atoms with Crippen LogP contribution in [0.1, 0.15) is 21.5 Å². The molecule has 0 spiro atoms. The highest BCUT2D eigenvalue weighted by molar-refractivity contribution is 7.23. The maximum atomic E-state index is 12.6. The van der Waals surface area contributed by atoms with E-state index in [2.05, 4.69) is 0 Å². The Kier molecular flexibility index (Phi) is 2.84. The molecule has 0 fully saturated rings. The number of nitrogens with two attached hydrogens (primary N) is 1. The van der Waals surface area contributed by atoms with Crippen molar-refractivity contribution in [2.24, 2.45) is 0 Å². The molecule has 3 rings (SSSR count). The molecule has 1 heterocycles. The minimum absolute atomic E-state index is 0.00468. The first-order valence-electron chi connectivity index (χ1n) is 6.05. The average molecular weight is 267 g/mol. The van der Waals surface area contributed by atoms with Crippen molar-refractivity contribution in [1.82, 2.24) is 0 Å². The van der Waals surface area contributed by atoms with Gasteiger partial charge in [-0.25, -0.2) is 0 Å². The number of nitrogen functional groups attached to an aromatic ring is 1. The van der Waals surface area contributed by atoms with E-state index in [-0.39, 0.29) is 5.78 Å². The number of rotatable bonds is 2. The Hall–Kier alpha value is -2.13. The molecule has 3 heteroatoms. The molecule has 0 aliphatic carbocycles. The molecule has 0 unspecified atom stereocenters. The van der Waals surface area contributed by atoms with Crippen LogP contribution in [0.2, 0.25) is 0 Å². The quantitative estimate of drug-likeness (QED) is 0.712. The molecular formula is C16H13NOS. The second-order valence-electron chi connectivity index (χ2n) is 4.53. The number of thiophene rings is 1. The molecule has 2 aromatic carbocycles. The van der Waals surface area contributed by atoms with Crippen LogP contribution in [0.15, 0.2) is 48.5 Å². The van der Waals surface area contributed by atoms with Crippen molar-refractivity contribution in [3.05, 3.63) is 65.2 Å². The molecule has 0 amide bonds. The maximum Gasteiger partial charge on any atom is 0.196 e. The highest BCUT2D eigenvalue weighted by atomic mass is 32.1. The van der Waals surface area contributed by atoms with E-state index in [9.17, 15) is 4.79 Å². The fraction of sp³-hybridized carbons (Fsp3) is 0.0625. The minimum atomic E-state index is -0.00468. The van der Waals surface area contributed by atoms with Gasteiger partial charge in [0.05, 0.1) is 10.6 Å². The average Bonchev–Trinajstić information content (AvgIpc) is 2.74. The summed E-state index contributed by atoms with van der Waals surface area (Å²) < 4.78 is 1.05. The molecule has 0 aliphatic heterocycles. The Bertz CT molecular complexity index is 756. The third kappa shape index (κ3) is 2.02. The molecule has 0 radical (unpaired) electrons. The fourth-order valence-corrected chi connectivity index (χ4v) is 3.12. The Balaban J connectivity index is 2.16. The third-order valence-electron chi connectivity index (χ3n) is 3.16. The van der Waals surface area contributed by atoms with E-state index in [1.807, 2.05) is 55.5 Å². The number of ketones is 1. The van der Waals surface area contributed by atoms with Crippen LogP contribution < -0.4 is 5.73 Å². The van der Waals surface area contributed by atoms with E-state index in [1.165, 1.54) is 11.3 Å². The molecule has 2 N–H and O–H groups in total. The first-order chi connectivity index (χ1) is 9.16. The molecule has 1 aromatic heterocycles. The minimum Gasteiger partial charge on any atom is -0.390 e. The monoisotopic (exact) mass is 267 g/mol. The molecule has 0 aliphatic rings. The second-order valence-corrected chi connectivity index (χ2v) is 5.62. The van der Waals surface area contributed by atoms with Crippen molar-refractivity contribution in [3.8, 4) is 0 Å². The van der Waals surface area contributed by atoms with Crippen molar-refractivity contribution in [3.63, 3.8) is 0 Å². The van der Waals surface area contributed by atoms with Gasteiger partial charge in [-0.05, 0) is 13.0 Å². The topological polar surface area (TPSA) is 43.1 Å². The van der Waals surface area contributed by atoms with Crippen molar-refractivity contribution in [2.75, 3.05) is 5.73 Å². The summed E-state index contributed by atoms with van der Waals surface area (Å²) in [4.78, 5) is 12.6. The van der Waals surface area contributed by atoms with Gasteiger partial charge in [0.25, 0.3) is 0 Å². The van der Waals surface area contributed by atoms with Gasteiger partial charge < -0.3 is 5.73 Å². The van der Waals surface area contributed by atoms with E-state index < -0.39 is 0 Å². The SMILES string of the molecule is Cc1ccc(C(=O)c2c(N)sc3ccccc23)cc1. The summed E-state index contributed by atoms with van der Waals surface area (Å²) in [6.07, 6.45) is 0. The van der Waals surface area contributed by atoms with E-state index in [0.29, 0.717) is 16.1 Å². The fourth-order valence-electron chi connectivity index (χ4n) is 2.15. The number of aryl methyl sites for hydroxylation is 1. The predicted octanol–water partition coefficient (Wildman–Crippen LogP) is 4.02. The van der Waals surface area contributed by atoms with Gasteiger partial charge in [-0.2, -0.15) is 0 Å². The second kappa shape index (κ2) is 4.52. The van der Waals surface area contributed by atoms with E-state index >= 15 is 0 Å². The molecular weight excluding hydrogens is 254 g/mol. The van der Waals surface area contributed by atoms with Gasteiger partial charge in [0.15, 0.2) is 5.78 Å². The molecule has 0 saturated carbocycles. The number of carbonyl (C=O) groups excluding carboxylic acids is 1. The van der Waals surface area contributed by atoms with Gasteiger partial charge in [0.2, 0.25) is 0 Å². The van der Waals surface area contributed by atoms with Crippen molar-refractivity contribution >= 4 is 32.2 Å². The molecule has 19 heavy (non-hydrogen) atoms. The number of hydrogen-bond acceptors (Lipinski definition) is 3. The lowest BCUT2D eigenvalue weighted by molar-refractivity contribution is 0.104. The van der Waals surface area contributed by atoms with Crippen LogP contribution in [0, 0.1) is 6.92 Å². The molecule has 94 valence electrons. The van der Waals surface area contributed by atoms with Crippen molar-refractivity contribution in [1.29, 1.82) is 0 Å². The van der Waals surface area contributed by atoms with Gasteiger partial charge in [-0.1, -0.05) is 48.0 Å². The van der Waals surface area contributed by atoms with Crippen LogP contribution in [-0.4, -0.2) is 5.78 Å². The number of fused-ring (bicyclic) bond motifs is 1. The lowest BCUT2D eigenvalue weighted by atomic mass is 10.0. The smallest absolute Gasteiger partial charge is 0.196 e. The van der Waals surface area contributed by atoms with Crippen LogP contribution in [0.5, 0.6) is 0 Å². The third-order valence-corrected chi connectivity index (χ3v) is 4.16. The van der Waals surface area contributed by atoms with Crippen LogP contribution in [-0.2, 0) is 0 Å². The Labute approximate surface area is 115 Å². The lowest BCUT2D eigenvalue weighted by Gasteiger charge is -2.02. The van der Waals surface area contributed by atoms with Crippen LogP contribution >= 0.6 is 11.3 Å². The normalized spacial score (nSPS) is 10.8. The predicted molar refractivity (Wildman–Crippen MR) is 80.8 cm³/mol. The van der Waals surface area contributed by atoms with Gasteiger partial charge >= 0.3 is 0 Å². The standard InChI is InChI=1S/C16H13NOS/c1-10-6-8-11(9-7-10)15(18)14-12-4-2-3-5-13(12)19-16(14)17/h2-9H,17H2,1H3. The summed E-state index contributed by atoms with van der Waals surface area (Å²) in [5.41, 5.74) is 8.47. The summed E-state index contributed by atoms with van der Waals surface area (Å²) in [5.74, 6) is -0.00468.